The molecule has 0 unspecified atom stereocenters. The van der Waals surface area contributed by atoms with Crippen molar-refractivity contribution in [2.45, 2.75) is 11.9 Å². The summed E-state index contributed by atoms with van der Waals surface area (Å²) in [6.45, 7) is 0. The molecule has 0 aromatic heterocycles. The highest BCUT2D eigenvalue weighted by molar-refractivity contribution is 8.13. The molecule has 0 saturated carbocycles. The van der Waals surface area contributed by atoms with Gasteiger partial charge in [-0.1, -0.05) is 0 Å². The molecule has 3 nitrogen and oxygen atoms in total. The van der Waals surface area contributed by atoms with E-state index in [0.29, 0.717) is 5.69 Å². The van der Waals surface area contributed by atoms with Gasteiger partial charge in [0.05, 0.1) is 11.3 Å². The van der Waals surface area contributed by atoms with Crippen molar-refractivity contribution >= 4 is 25.4 Å². The maximum atomic E-state index is 12.5. The summed E-state index contributed by atoms with van der Waals surface area (Å²) in [5, 5.41) is 0. The smallest absolute Gasteiger partial charge is 0.377 e. The van der Waals surface area contributed by atoms with Gasteiger partial charge in [-0.3, -0.25) is 0 Å². The highest BCUT2D eigenvalue weighted by Crippen LogP contribution is 2.33. The van der Waals surface area contributed by atoms with E-state index in [1.807, 2.05) is 0 Å². The van der Waals surface area contributed by atoms with E-state index in [1.54, 1.807) is 14.1 Å². The molecule has 102 valence electrons. The first-order valence-electron chi connectivity index (χ1n) is 4.80. The van der Waals surface area contributed by atoms with E-state index in [9.17, 15) is 21.6 Å². The zero-order valence-corrected chi connectivity index (χ0v) is 11.2. The number of rotatable bonds is 3. The Labute approximate surface area is 108 Å². The summed E-state index contributed by atoms with van der Waals surface area (Å²) >= 11 is 0. The molecule has 0 heterocycles. The topological polar surface area (TPSA) is 37.4 Å². The Hall–Kier alpha value is -0.950. The summed E-state index contributed by atoms with van der Waals surface area (Å²) in [7, 11) is 4.37. The molecule has 0 amide bonds. The summed E-state index contributed by atoms with van der Waals surface area (Å²) in [5.74, 6) is -0.647. The second-order valence-corrected chi connectivity index (χ2v) is 6.70. The molecule has 0 aliphatic carbocycles. The highest BCUT2D eigenvalue weighted by Gasteiger charge is 2.31. The Balaban J connectivity index is 3.33. The van der Waals surface area contributed by atoms with E-state index in [1.165, 1.54) is 11.0 Å². The fraction of sp³-hybridized carbons (Fsp3) is 0.400. The first-order valence-corrected chi connectivity index (χ1v) is 7.28. The van der Waals surface area contributed by atoms with Gasteiger partial charge in [0.25, 0.3) is 0 Å². The van der Waals surface area contributed by atoms with Crippen molar-refractivity contribution < 1.29 is 21.6 Å². The highest BCUT2D eigenvalue weighted by atomic mass is 35.7. The third-order valence-electron chi connectivity index (χ3n) is 2.22. The van der Waals surface area contributed by atoms with Crippen molar-refractivity contribution in [2.75, 3.05) is 19.0 Å². The van der Waals surface area contributed by atoms with Crippen LogP contribution in [0.25, 0.3) is 0 Å². The standard InChI is InChI=1S/C10H11ClF3NO2S/c1-15(2)9-4-3-8(10(12,13)14)5-7(9)6-18(11,16)17/h3-5H,6H2,1-2H3. The molecule has 1 rings (SSSR count). The van der Waals surface area contributed by atoms with Gasteiger partial charge in [-0.15, -0.1) is 0 Å². The number of nitrogens with zero attached hydrogens (tertiary/aromatic N) is 1. The summed E-state index contributed by atoms with van der Waals surface area (Å²) in [6.07, 6.45) is -4.52. The van der Waals surface area contributed by atoms with E-state index in [0.717, 1.165) is 12.1 Å². The molecule has 0 spiro atoms. The number of halogens is 4. The van der Waals surface area contributed by atoms with Crippen molar-refractivity contribution in [3.63, 3.8) is 0 Å². The van der Waals surface area contributed by atoms with Crippen LogP contribution in [0.3, 0.4) is 0 Å². The molecule has 18 heavy (non-hydrogen) atoms. The molecule has 1 aromatic rings. The predicted octanol–water partition coefficient (Wildman–Crippen LogP) is 2.84. The van der Waals surface area contributed by atoms with Crippen LogP contribution in [-0.2, 0) is 21.0 Å². The molecule has 0 saturated heterocycles. The number of hydrogen-bond acceptors (Lipinski definition) is 3. The Kier molecular flexibility index (Phi) is 4.17. The fourth-order valence-electron chi connectivity index (χ4n) is 1.50. The predicted molar refractivity (Wildman–Crippen MR) is 64.2 cm³/mol. The Morgan fingerprint density at radius 1 is 1.28 bits per heavy atom. The lowest BCUT2D eigenvalue weighted by atomic mass is 10.1. The van der Waals surface area contributed by atoms with Gasteiger partial charge in [-0.2, -0.15) is 13.2 Å². The van der Waals surface area contributed by atoms with Gasteiger partial charge in [0, 0.05) is 30.5 Å². The van der Waals surface area contributed by atoms with Gasteiger partial charge in [0.1, 0.15) is 0 Å². The monoisotopic (exact) mass is 301 g/mol. The fourth-order valence-corrected chi connectivity index (χ4v) is 2.45. The minimum Gasteiger partial charge on any atom is -0.377 e. The maximum Gasteiger partial charge on any atom is 0.416 e. The van der Waals surface area contributed by atoms with Gasteiger partial charge in [0.2, 0.25) is 9.05 Å². The molecule has 0 fully saturated rings. The third kappa shape index (κ3) is 4.06. The van der Waals surface area contributed by atoms with Crippen LogP contribution in [0.5, 0.6) is 0 Å². The van der Waals surface area contributed by atoms with Crippen LogP contribution >= 0.6 is 10.7 Å². The van der Waals surface area contributed by atoms with Gasteiger partial charge in [0.15, 0.2) is 0 Å². The molecule has 0 aliphatic heterocycles. The summed E-state index contributed by atoms with van der Waals surface area (Å²) in [4.78, 5) is 1.53. The summed E-state index contributed by atoms with van der Waals surface area (Å²) in [5.41, 5.74) is -0.500. The first-order chi connectivity index (χ1) is 8.00. The molecule has 1 aromatic carbocycles. The van der Waals surface area contributed by atoms with Crippen LogP contribution in [0.15, 0.2) is 18.2 Å². The quantitative estimate of drug-likeness (QED) is 0.806. The lowest BCUT2D eigenvalue weighted by Gasteiger charge is -2.18. The Morgan fingerprint density at radius 2 is 1.83 bits per heavy atom. The van der Waals surface area contributed by atoms with E-state index in [-0.39, 0.29) is 5.56 Å². The SMILES string of the molecule is CN(C)c1ccc(C(F)(F)F)cc1CS(=O)(=O)Cl. The van der Waals surface area contributed by atoms with Crippen molar-refractivity contribution in [3.8, 4) is 0 Å². The average molecular weight is 302 g/mol. The Morgan fingerprint density at radius 3 is 2.22 bits per heavy atom. The van der Waals surface area contributed by atoms with Gasteiger partial charge < -0.3 is 4.90 Å². The molecular weight excluding hydrogens is 291 g/mol. The molecular formula is C10H11ClF3NO2S. The minimum absolute atomic E-state index is 0.0184. The Bertz CT molecular complexity index is 541. The first kappa shape index (κ1) is 15.1. The van der Waals surface area contributed by atoms with Crippen LogP contribution in [0.1, 0.15) is 11.1 Å². The van der Waals surface area contributed by atoms with E-state index in [4.69, 9.17) is 10.7 Å². The largest absolute Gasteiger partial charge is 0.416 e. The normalized spacial score (nSPS) is 12.6. The van der Waals surface area contributed by atoms with E-state index in [2.05, 4.69) is 0 Å². The van der Waals surface area contributed by atoms with Gasteiger partial charge >= 0.3 is 6.18 Å². The van der Waals surface area contributed by atoms with Crippen LogP contribution in [-0.4, -0.2) is 22.5 Å². The number of anilines is 1. The lowest BCUT2D eigenvalue weighted by molar-refractivity contribution is -0.137. The third-order valence-corrected chi connectivity index (χ3v) is 3.20. The van der Waals surface area contributed by atoms with Crippen molar-refractivity contribution in [1.82, 2.24) is 0 Å². The lowest BCUT2D eigenvalue weighted by Crippen LogP contribution is -2.14. The van der Waals surface area contributed by atoms with Crippen LogP contribution in [0.4, 0.5) is 18.9 Å². The molecule has 8 heteroatoms. The molecule has 0 atom stereocenters. The molecule has 0 bridgehead atoms. The number of benzene rings is 1. The van der Waals surface area contributed by atoms with Crippen LogP contribution in [0, 0.1) is 0 Å². The molecule has 0 aliphatic rings. The van der Waals surface area contributed by atoms with E-state index < -0.39 is 26.5 Å². The van der Waals surface area contributed by atoms with Crippen molar-refractivity contribution in [1.29, 1.82) is 0 Å². The van der Waals surface area contributed by atoms with Gasteiger partial charge in [-0.25, -0.2) is 8.42 Å². The average Bonchev–Trinajstić information content (AvgIpc) is 2.12. The zero-order valence-electron chi connectivity index (χ0n) is 9.62. The van der Waals surface area contributed by atoms with E-state index >= 15 is 0 Å². The summed E-state index contributed by atoms with van der Waals surface area (Å²) < 4.78 is 59.6. The van der Waals surface area contributed by atoms with Crippen LogP contribution in [0.2, 0.25) is 0 Å². The van der Waals surface area contributed by atoms with Gasteiger partial charge in [-0.05, 0) is 23.8 Å². The van der Waals surface area contributed by atoms with Crippen molar-refractivity contribution in [2.24, 2.45) is 0 Å². The molecule has 0 N–H and O–H groups in total. The second-order valence-electron chi connectivity index (χ2n) is 3.92. The minimum atomic E-state index is -4.52. The summed E-state index contributed by atoms with van der Waals surface area (Å²) in [6, 6.07) is 2.93. The molecule has 0 radical (unpaired) electrons. The van der Waals surface area contributed by atoms with Crippen LogP contribution < -0.4 is 4.90 Å². The zero-order chi connectivity index (χ0) is 14.1. The number of hydrogen-bond donors (Lipinski definition) is 0. The maximum absolute atomic E-state index is 12.5. The van der Waals surface area contributed by atoms with Crippen molar-refractivity contribution in [3.05, 3.63) is 29.3 Å². The second kappa shape index (κ2) is 4.97. The number of alkyl halides is 3.